The van der Waals surface area contributed by atoms with Crippen molar-refractivity contribution in [3.63, 3.8) is 0 Å². The van der Waals surface area contributed by atoms with Crippen LogP contribution in [-0.2, 0) is 9.47 Å². The van der Waals surface area contributed by atoms with Gasteiger partial charge in [-0.05, 0) is 34.1 Å². The van der Waals surface area contributed by atoms with Gasteiger partial charge in [0.15, 0.2) is 0 Å². The predicted octanol–water partition coefficient (Wildman–Crippen LogP) is 1.46. The molecule has 0 aromatic carbocycles. The van der Waals surface area contributed by atoms with Crippen molar-refractivity contribution in [2.24, 2.45) is 0 Å². The lowest BCUT2D eigenvalue weighted by atomic mass is 9.91. The molecule has 2 aliphatic rings. The minimum Gasteiger partial charge on any atom is -0.388 e. The largest absolute Gasteiger partial charge is 0.388 e. The minimum atomic E-state index is -0.610. The summed E-state index contributed by atoms with van der Waals surface area (Å²) in [6, 6.07) is 0.291. The normalized spacial score (nSPS) is 33.5. The van der Waals surface area contributed by atoms with E-state index in [9.17, 15) is 5.11 Å². The molecular weight excluding hydrogens is 230 g/mol. The molecule has 1 atom stereocenters. The van der Waals surface area contributed by atoms with Crippen LogP contribution in [0.4, 0.5) is 0 Å². The van der Waals surface area contributed by atoms with Crippen molar-refractivity contribution in [1.82, 2.24) is 5.32 Å². The van der Waals surface area contributed by atoms with Crippen molar-refractivity contribution in [2.75, 3.05) is 19.8 Å². The number of hydrogen-bond acceptors (Lipinski definition) is 4. The van der Waals surface area contributed by atoms with E-state index in [1.165, 1.54) is 0 Å². The van der Waals surface area contributed by atoms with Crippen LogP contribution < -0.4 is 5.32 Å². The van der Waals surface area contributed by atoms with Crippen LogP contribution in [0.1, 0.15) is 47.0 Å². The maximum atomic E-state index is 10.4. The van der Waals surface area contributed by atoms with E-state index in [2.05, 4.69) is 33.0 Å². The SMILES string of the molecule is CC1(C)CC(NCC2(O)CCOCC2)C(C)(C)O1. The van der Waals surface area contributed by atoms with Crippen molar-refractivity contribution in [3.8, 4) is 0 Å². The van der Waals surface area contributed by atoms with E-state index in [1.54, 1.807) is 0 Å². The lowest BCUT2D eigenvalue weighted by Gasteiger charge is -2.35. The van der Waals surface area contributed by atoms with E-state index >= 15 is 0 Å². The van der Waals surface area contributed by atoms with Gasteiger partial charge in [-0.15, -0.1) is 0 Å². The van der Waals surface area contributed by atoms with E-state index in [4.69, 9.17) is 9.47 Å². The highest BCUT2D eigenvalue weighted by Gasteiger charge is 2.46. The fourth-order valence-corrected chi connectivity index (χ4v) is 3.12. The Hall–Kier alpha value is -0.160. The number of rotatable bonds is 3. The van der Waals surface area contributed by atoms with E-state index in [1.807, 2.05) is 0 Å². The van der Waals surface area contributed by atoms with Gasteiger partial charge in [0.2, 0.25) is 0 Å². The molecule has 0 aliphatic carbocycles. The van der Waals surface area contributed by atoms with E-state index < -0.39 is 5.60 Å². The molecule has 4 nitrogen and oxygen atoms in total. The van der Waals surface area contributed by atoms with Crippen LogP contribution in [-0.4, -0.2) is 47.7 Å². The van der Waals surface area contributed by atoms with Crippen LogP contribution in [0, 0.1) is 0 Å². The Kier molecular flexibility index (Phi) is 3.76. The zero-order valence-corrected chi connectivity index (χ0v) is 12.1. The summed E-state index contributed by atoms with van der Waals surface area (Å²) in [6.07, 6.45) is 2.42. The molecule has 2 saturated heterocycles. The van der Waals surface area contributed by atoms with Crippen LogP contribution in [0.5, 0.6) is 0 Å². The van der Waals surface area contributed by atoms with Crippen LogP contribution in [0.2, 0.25) is 0 Å². The predicted molar refractivity (Wildman–Crippen MR) is 70.7 cm³/mol. The molecule has 0 spiro atoms. The second-order valence-electron chi connectivity index (χ2n) is 6.94. The average Bonchev–Trinajstić information content (AvgIpc) is 2.45. The molecule has 2 N–H and O–H groups in total. The Labute approximate surface area is 110 Å². The van der Waals surface area contributed by atoms with Gasteiger partial charge in [-0.2, -0.15) is 0 Å². The molecule has 2 rings (SSSR count). The average molecular weight is 257 g/mol. The third kappa shape index (κ3) is 3.23. The van der Waals surface area contributed by atoms with E-state index in [-0.39, 0.29) is 11.2 Å². The summed E-state index contributed by atoms with van der Waals surface area (Å²) in [7, 11) is 0. The molecule has 106 valence electrons. The summed E-state index contributed by atoms with van der Waals surface area (Å²) in [5.74, 6) is 0. The molecule has 2 fully saturated rings. The molecule has 0 amide bonds. The maximum Gasteiger partial charge on any atom is 0.0815 e. The molecule has 18 heavy (non-hydrogen) atoms. The first kappa shape index (κ1) is 14.3. The van der Waals surface area contributed by atoms with Gasteiger partial charge in [-0.3, -0.25) is 0 Å². The van der Waals surface area contributed by atoms with Gasteiger partial charge in [0.1, 0.15) is 0 Å². The quantitative estimate of drug-likeness (QED) is 0.804. The molecular formula is C14H27NO3. The molecule has 2 heterocycles. The van der Waals surface area contributed by atoms with Gasteiger partial charge in [0.05, 0.1) is 16.8 Å². The standard InChI is InChI=1S/C14H27NO3/c1-12(2)9-11(13(3,4)18-12)15-10-14(16)5-7-17-8-6-14/h11,15-16H,5-10H2,1-4H3. The van der Waals surface area contributed by atoms with Gasteiger partial charge >= 0.3 is 0 Å². The van der Waals surface area contributed by atoms with Crippen molar-refractivity contribution >= 4 is 0 Å². The van der Waals surface area contributed by atoms with Crippen LogP contribution >= 0.6 is 0 Å². The molecule has 1 unspecified atom stereocenters. The topological polar surface area (TPSA) is 50.7 Å². The zero-order valence-electron chi connectivity index (χ0n) is 12.1. The number of hydrogen-bond donors (Lipinski definition) is 2. The summed E-state index contributed by atoms with van der Waals surface area (Å²) in [5, 5.41) is 14.0. The summed E-state index contributed by atoms with van der Waals surface area (Å²) < 4.78 is 11.4. The molecule has 0 radical (unpaired) electrons. The molecule has 2 aliphatic heterocycles. The lowest BCUT2D eigenvalue weighted by molar-refractivity contribution is -0.0780. The smallest absolute Gasteiger partial charge is 0.0815 e. The Balaban J connectivity index is 1.90. The van der Waals surface area contributed by atoms with E-state index in [0.717, 1.165) is 19.3 Å². The summed E-state index contributed by atoms with van der Waals surface area (Å²) in [6.45, 7) is 10.4. The Morgan fingerprint density at radius 3 is 2.28 bits per heavy atom. The summed E-state index contributed by atoms with van der Waals surface area (Å²) in [5.41, 5.74) is -0.869. The fraction of sp³-hybridized carbons (Fsp3) is 1.00. The van der Waals surface area contributed by atoms with Crippen LogP contribution in [0.25, 0.3) is 0 Å². The highest BCUT2D eigenvalue weighted by Crippen LogP contribution is 2.37. The summed E-state index contributed by atoms with van der Waals surface area (Å²) in [4.78, 5) is 0. The molecule has 4 heteroatoms. The van der Waals surface area contributed by atoms with Crippen molar-refractivity contribution in [3.05, 3.63) is 0 Å². The minimum absolute atomic E-state index is 0.0839. The van der Waals surface area contributed by atoms with Crippen molar-refractivity contribution in [1.29, 1.82) is 0 Å². The van der Waals surface area contributed by atoms with Gasteiger partial charge in [-0.1, -0.05) is 0 Å². The number of aliphatic hydroxyl groups is 1. The Morgan fingerprint density at radius 2 is 1.78 bits per heavy atom. The molecule has 0 aromatic heterocycles. The fourth-order valence-electron chi connectivity index (χ4n) is 3.12. The lowest BCUT2D eigenvalue weighted by Crippen LogP contribution is -2.52. The number of ether oxygens (including phenoxy) is 2. The highest BCUT2D eigenvalue weighted by atomic mass is 16.5. The Morgan fingerprint density at radius 1 is 1.17 bits per heavy atom. The zero-order chi connectivity index (χ0) is 13.4. The first-order valence-electron chi connectivity index (χ1n) is 6.96. The molecule has 0 bridgehead atoms. The van der Waals surface area contributed by atoms with Crippen LogP contribution in [0.15, 0.2) is 0 Å². The van der Waals surface area contributed by atoms with Crippen LogP contribution in [0.3, 0.4) is 0 Å². The highest BCUT2D eigenvalue weighted by molar-refractivity contribution is 5.00. The van der Waals surface area contributed by atoms with Crippen molar-refractivity contribution < 1.29 is 14.6 Å². The Bertz CT molecular complexity index is 295. The monoisotopic (exact) mass is 257 g/mol. The maximum absolute atomic E-state index is 10.4. The molecule has 0 aromatic rings. The van der Waals surface area contributed by atoms with Gasteiger partial charge < -0.3 is 19.9 Å². The van der Waals surface area contributed by atoms with Crippen molar-refractivity contribution in [2.45, 2.75) is 69.8 Å². The van der Waals surface area contributed by atoms with Gasteiger partial charge in [0.25, 0.3) is 0 Å². The number of nitrogens with one attached hydrogen (secondary N) is 1. The second-order valence-corrected chi connectivity index (χ2v) is 6.94. The summed E-state index contributed by atoms with van der Waals surface area (Å²) >= 11 is 0. The first-order valence-corrected chi connectivity index (χ1v) is 6.96. The second kappa shape index (κ2) is 4.75. The van der Waals surface area contributed by atoms with E-state index in [0.29, 0.717) is 25.8 Å². The molecule has 0 saturated carbocycles. The van der Waals surface area contributed by atoms with Gasteiger partial charge in [0, 0.05) is 38.6 Å². The van der Waals surface area contributed by atoms with Gasteiger partial charge in [-0.25, -0.2) is 0 Å². The first-order chi connectivity index (χ1) is 8.23. The third-order valence-electron chi connectivity index (χ3n) is 4.18. The third-order valence-corrected chi connectivity index (χ3v) is 4.18.